The normalized spacial score (nSPS) is 10.9. The Bertz CT molecular complexity index is 511. The summed E-state index contributed by atoms with van der Waals surface area (Å²) >= 11 is 0.795. The highest BCUT2D eigenvalue weighted by Gasteiger charge is 2.17. The molecule has 80 valence electrons. The fourth-order valence-corrected chi connectivity index (χ4v) is 2.88. The number of rotatable bonds is 4. The standard InChI is InChI=1S/C7H6N2O4S2/c8-1-2-9-15(12,13)6-3-5(4-14-6)7(10)11/h3-4,9H,2H2,(H,10,11). The van der Waals surface area contributed by atoms with Crippen molar-refractivity contribution in [3.63, 3.8) is 0 Å². The van der Waals surface area contributed by atoms with Crippen LogP contribution in [0.4, 0.5) is 0 Å². The van der Waals surface area contributed by atoms with Crippen molar-refractivity contribution in [2.75, 3.05) is 6.54 Å². The van der Waals surface area contributed by atoms with E-state index >= 15 is 0 Å². The van der Waals surface area contributed by atoms with E-state index in [-0.39, 0.29) is 16.3 Å². The summed E-state index contributed by atoms with van der Waals surface area (Å²) in [6.07, 6.45) is 0. The number of carbonyl (C=O) groups is 1. The zero-order chi connectivity index (χ0) is 11.5. The first-order chi connectivity index (χ1) is 6.97. The number of nitrogens with one attached hydrogen (secondary N) is 1. The number of thiophene rings is 1. The van der Waals surface area contributed by atoms with Gasteiger partial charge in [0.1, 0.15) is 4.21 Å². The second kappa shape index (κ2) is 4.39. The second-order valence-corrected chi connectivity index (χ2v) is 5.35. The van der Waals surface area contributed by atoms with Crippen LogP contribution in [0.3, 0.4) is 0 Å². The van der Waals surface area contributed by atoms with E-state index in [1.165, 1.54) is 5.38 Å². The van der Waals surface area contributed by atoms with E-state index in [0.29, 0.717) is 0 Å². The highest BCUT2D eigenvalue weighted by atomic mass is 32.2. The molecule has 0 spiro atoms. The number of carboxylic acid groups (broad SMARTS) is 1. The van der Waals surface area contributed by atoms with E-state index in [1.54, 1.807) is 6.07 Å². The Morgan fingerprint density at radius 3 is 2.80 bits per heavy atom. The molecule has 0 atom stereocenters. The van der Waals surface area contributed by atoms with E-state index in [0.717, 1.165) is 17.4 Å². The minimum absolute atomic E-state index is 0.0858. The van der Waals surface area contributed by atoms with Crippen LogP contribution in [0.15, 0.2) is 15.7 Å². The molecule has 1 heterocycles. The van der Waals surface area contributed by atoms with Gasteiger partial charge in [0.2, 0.25) is 0 Å². The average Bonchev–Trinajstić information content (AvgIpc) is 2.64. The molecule has 0 saturated carbocycles. The Labute approximate surface area is 89.8 Å². The molecule has 6 nitrogen and oxygen atoms in total. The molecule has 0 aliphatic carbocycles. The van der Waals surface area contributed by atoms with E-state index in [9.17, 15) is 13.2 Å². The molecule has 0 aliphatic rings. The minimum atomic E-state index is -3.75. The Kier molecular flexibility index (Phi) is 3.41. The summed E-state index contributed by atoms with van der Waals surface area (Å²) in [5.74, 6) is -1.19. The molecule has 0 bridgehead atoms. The van der Waals surface area contributed by atoms with E-state index < -0.39 is 16.0 Å². The summed E-state index contributed by atoms with van der Waals surface area (Å²) in [6.45, 7) is -0.345. The molecule has 0 unspecified atom stereocenters. The number of aromatic carboxylic acids is 1. The fourth-order valence-electron chi connectivity index (χ4n) is 0.768. The Balaban J connectivity index is 2.97. The highest BCUT2D eigenvalue weighted by molar-refractivity contribution is 7.91. The maximum absolute atomic E-state index is 11.4. The summed E-state index contributed by atoms with van der Waals surface area (Å²) in [7, 11) is -3.75. The molecule has 0 saturated heterocycles. The SMILES string of the molecule is N#CCNS(=O)(=O)c1cc(C(=O)O)cs1. The Morgan fingerprint density at radius 1 is 1.67 bits per heavy atom. The minimum Gasteiger partial charge on any atom is -0.478 e. The molecule has 0 radical (unpaired) electrons. The number of nitriles is 1. The first-order valence-corrected chi connectivity index (χ1v) is 6.02. The lowest BCUT2D eigenvalue weighted by molar-refractivity contribution is 0.0697. The van der Waals surface area contributed by atoms with Crippen molar-refractivity contribution in [2.24, 2.45) is 0 Å². The summed E-state index contributed by atoms with van der Waals surface area (Å²) in [6, 6.07) is 2.67. The Morgan fingerprint density at radius 2 is 2.33 bits per heavy atom. The van der Waals surface area contributed by atoms with Crippen molar-refractivity contribution in [1.82, 2.24) is 4.72 Å². The van der Waals surface area contributed by atoms with Crippen LogP contribution in [0.5, 0.6) is 0 Å². The zero-order valence-electron chi connectivity index (χ0n) is 7.30. The van der Waals surface area contributed by atoms with Crippen molar-refractivity contribution >= 4 is 27.3 Å². The van der Waals surface area contributed by atoms with Crippen molar-refractivity contribution in [2.45, 2.75) is 4.21 Å². The molecule has 1 aromatic rings. The predicted molar refractivity (Wildman–Crippen MR) is 52.1 cm³/mol. The number of sulfonamides is 1. The van der Waals surface area contributed by atoms with E-state index in [1.807, 2.05) is 4.72 Å². The number of carboxylic acids is 1. The van der Waals surface area contributed by atoms with Crippen LogP contribution in [-0.4, -0.2) is 26.0 Å². The number of nitrogens with zero attached hydrogens (tertiary/aromatic N) is 1. The molecule has 8 heteroatoms. The van der Waals surface area contributed by atoms with Gasteiger partial charge in [-0.25, -0.2) is 13.2 Å². The molecular weight excluding hydrogens is 240 g/mol. The van der Waals surface area contributed by atoms with Gasteiger partial charge in [-0.2, -0.15) is 9.98 Å². The van der Waals surface area contributed by atoms with Gasteiger partial charge in [0.15, 0.2) is 0 Å². The van der Waals surface area contributed by atoms with Gasteiger partial charge in [-0.3, -0.25) is 0 Å². The molecule has 15 heavy (non-hydrogen) atoms. The van der Waals surface area contributed by atoms with Crippen LogP contribution in [-0.2, 0) is 10.0 Å². The third kappa shape index (κ3) is 2.76. The van der Waals surface area contributed by atoms with E-state index in [2.05, 4.69) is 0 Å². The van der Waals surface area contributed by atoms with Crippen molar-refractivity contribution in [3.05, 3.63) is 17.0 Å². The van der Waals surface area contributed by atoms with Crippen LogP contribution in [0, 0.1) is 11.3 Å². The molecule has 2 N–H and O–H groups in total. The predicted octanol–water partition coefficient (Wildman–Crippen LogP) is 0.248. The van der Waals surface area contributed by atoms with Gasteiger partial charge in [-0.15, -0.1) is 11.3 Å². The first kappa shape index (κ1) is 11.6. The maximum atomic E-state index is 11.4. The highest BCUT2D eigenvalue weighted by Crippen LogP contribution is 2.19. The first-order valence-electron chi connectivity index (χ1n) is 3.66. The number of hydrogen-bond donors (Lipinski definition) is 2. The van der Waals surface area contributed by atoms with Gasteiger partial charge in [-0.05, 0) is 6.07 Å². The fraction of sp³-hybridized carbons (Fsp3) is 0.143. The molecule has 0 aliphatic heterocycles. The lowest BCUT2D eigenvalue weighted by Crippen LogP contribution is -2.23. The monoisotopic (exact) mass is 246 g/mol. The number of hydrogen-bond acceptors (Lipinski definition) is 5. The molecule has 1 rings (SSSR count). The third-order valence-electron chi connectivity index (χ3n) is 1.43. The molecular formula is C7H6N2O4S2. The van der Waals surface area contributed by atoms with E-state index in [4.69, 9.17) is 10.4 Å². The van der Waals surface area contributed by atoms with Gasteiger partial charge in [0.05, 0.1) is 18.2 Å². The second-order valence-electron chi connectivity index (χ2n) is 2.44. The van der Waals surface area contributed by atoms with Gasteiger partial charge >= 0.3 is 5.97 Å². The van der Waals surface area contributed by atoms with Crippen LogP contribution in [0.2, 0.25) is 0 Å². The van der Waals surface area contributed by atoms with Gasteiger partial charge in [0, 0.05) is 5.38 Å². The summed E-state index contributed by atoms with van der Waals surface area (Å²) in [5.41, 5.74) is -0.0858. The molecule has 0 aromatic carbocycles. The molecule has 0 amide bonds. The van der Waals surface area contributed by atoms with Crippen LogP contribution < -0.4 is 4.72 Å². The van der Waals surface area contributed by atoms with Crippen LogP contribution >= 0.6 is 11.3 Å². The topological polar surface area (TPSA) is 107 Å². The third-order valence-corrected chi connectivity index (χ3v) is 4.27. The lowest BCUT2D eigenvalue weighted by atomic mass is 10.4. The van der Waals surface area contributed by atoms with Crippen molar-refractivity contribution in [1.29, 1.82) is 5.26 Å². The van der Waals surface area contributed by atoms with Gasteiger partial charge in [0.25, 0.3) is 10.0 Å². The Hall–Kier alpha value is -1.43. The summed E-state index contributed by atoms with van der Waals surface area (Å²) in [4.78, 5) is 10.5. The van der Waals surface area contributed by atoms with Crippen LogP contribution in [0.25, 0.3) is 0 Å². The quantitative estimate of drug-likeness (QED) is 0.740. The maximum Gasteiger partial charge on any atom is 0.336 e. The summed E-state index contributed by atoms with van der Waals surface area (Å²) < 4.78 is 24.7. The van der Waals surface area contributed by atoms with Crippen LogP contribution in [0.1, 0.15) is 10.4 Å². The smallest absolute Gasteiger partial charge is 0.336 e. The molecule has 1 aromatic heterocycles. The van der Waals surface area contributed by atoms with Crippen molar-refractivity contribution in [3.8, 4) is 6.07 Å². The van der Waals surface area contributed by atoms with Gasteiger partial charge in [-0.1, -0.05) is 0 Å². The lowest BCUT2D eigenvalue weighted by Gasteiger charge is -1.98. The average molecular weight is 246 g/mol. The zero-order valence-corrected chi connectivity index (χ0v) is 8.93. The van der Waals surface area contributed by atoms with Crippen molar-refractivity contribution < 1.29 is 18.3 Å². The summed E-state index contributed by atoms with van der Waals surface area (Å²) in [5, 5.41) is 18.0. The van der Waals surface area contributed by atoms with Gasteiger partial charge < -0.3 is 5.11 Å². The largest absolute Gasteiger partial charge is 0.478 e. The molecule has 0 fully saturated rings.